The Morgan fingerprint density at radius 2 is 1.62 bits per heavy atom. The molecule has 2 aliphatic heterocycles. The molecule has 2 aliphatic rings. The summed E-state index contributed by atoms with van der Waals surface area (Å²) < 4.78 is 44.5. The van der Waals surface area contributed by atoms with E-state index in [2.05, 4.69) is 19.9 Å². The van der Waals surface area contributed by atoms with Crippen molar-refractivity contribution in [1.29, 1.82) is 0 Å². The van der Waals surface area contributed by atoms with Crippen molar-refractivity contribution < 1.29 is 22.5 Å². The number of carbonyl (C=O) groups is 1. The number of nitrogens with zero attached hydrogens (tertiary/aromatic N) is 5. The van der Waals surface area contributed by atoms with Gasteiger partial charge in [-0.3, -0.25) is 14.6 Å². The van der Waals surface area contributed by atoms with Crippen molar-refractivity contribution in [3.05, 3.63) is 35.7 Å². The summed E-state index contributed by atoms with van der Waals surface area (Å²) in [5.74, 6) is 0.726. The second-order valence-electron chi connectivity index (χ2n) is 9.20. The molecule has 0 saturated carbocycles. The number of alkyl halides is 3. The Kier molecular flexibility index (Phi) is 7.57. The fourth-order valence-corrected chi connectivity index (χ4v) is 4.74. The number of rotatable bonds is 5. The highest BCUT2D eigenvalue weighted by atomic mass is 19.4. The lowest BCUT2D eigenvalue weighted by molar-refractivity contribution is -0.138. The molecule has 7 nitrogen and oxygen atoms in total. The Labute approximate surface area is 197 Å². The van der Waals surface area contributed by atoms with Gasteiger partial charge in [-0.25, -0.2) is 0 Å². The first-order valence-corrected chi connectivity index (χ1v) is 12.0. The van der Waals surface area contributed by atoms with Crippen molar-refractivity contribution in [2.45, 2.75) is 57.8 Å². The lowest BCUT2D eigenvalue weighted by Crippen LogP contribution is -2.54. The minimum atomic E-state index is -4.43. The lowest BCUT2D eigenvalue weighted by atomic mass is 10.1. The molecular weight excluding hydrogens is 447 g/mol. The van der Waals surface area contributed by atoms with E-state index in [0.29, 0.717) is 5.89 Å². The van der Waals surface area contributed by atoms with Gasteiger partial charge in [-0.05, 0) is 38.8 Å². The molecule has 0 radical (unpaired) electrons. The molecule has 10 heteroatoms. The van der Waals surface area contributed by atoms with E-state index in [1.807, 2.05) is 18.7 Å². The molecule has 1 amide bonds. The van der Waals surface area contributed by atoms with Crippen molar-refractivity contribution in [2.75, 3.05) is 39.3 Å². The van der Waals surface area contributed by atoms with E-state index in [-0.39, 0.29) is 29.4 Å². The molecule has 0 aliphatic carbocycles. The van der Waals surface area contributed by atoms with E-state index in [1.54, 1.807) is 0 Å². The molecule has 2 saturated heterocycles. The average Bonchev–Trinajstić information content (AvgIpc) is 3.18. The molecule has 3 heterocycles. The largest absolute Gasteiger partial charge is 0.416 e. The van der Waals surface area contributed by atoms with E-state index >= 15 is 0 Å². The Balaban J connectivity index is 1.35. The summed E-state index contributed by atoms with van der Waals surface area (Å²) in [4.78, 5) is 23.8. The molecule has 2 fully saturated rings. The maximum Gasteiger partial charge on any atom is 0.416 e. The lowest BCUT2D eigenvalue weighted by Gasteiger charge is -2.40. The zero-order valence-corrected chi connectivity index (χ0v) is 19.7. The van der Waals surface area contributed by atoms with Gasteiger partial charge in [0.1, 0.15) is 0 Å². The number of aromatic nitrogens is 2. The number of amides is 1. The van der Waals surface area contributed by atoms with Crippen LogP contribution >= 0.6 is 0 Å². The molecule has 2 atom stereocenters. The predicted molar refractivity (Wildman–Crippen MR) is 121 cm³/mol. The summed E-state index contributed by atoms with van der Waals surface area (Å²) in [5.41, 5.74) is -0.480. The molecule has 186 valence electrons. The molecule has 1 aromatic carbocycles. The maximum absolute atomic E-state index is 13.0. The molecular formula is C24H32F3N5O2. The summed E-state index contributed by atoms with van der Waals surface area (Å²) in [6.45, 7) is 8.62. The summed E-state index contributed by atoms with van der Waals surface area (Å²) >= 11 is 0. The van der Waals surface area contributed by atoms with E-state index < -0.39 is 11.7 Å². The SMILES string of the molecule is CC(C(=O)N1CCCCCC1)N1CCN(C(C)c2nc(-c3cccc(C(F)(F)F)c3)no2)CC1. The summed E-state index contributed by atoms with van der Waals surface area (Å²) in [6, 6.07) is 4.60. The first-order valence-electron chi connectivity index (χ1n) is 12.0. The van der Waals surface area contributed by atoms with Gasteiger partial charge in [-0.15, -0.1) is 0 Å². The van der Waals surface area contributed by atoms with Gasteiger partial charge in [0.25, 0.3) is 0 Å². The van der Waals surface area contributed by atoms with Gasteiger partial charge in [-0.1, -0.05) is 30.1 Å². The molecule has 2 aromatic rings. The van der Waals surface area contributed by atoms with Crippen LogP contribution in [0.5, 0.6) is 0 Å². The number of piperazine rings is 1. The highest BCUT2D eigenvalue weighted by Gasteiger charge is 2.33. The second kappa shape index (κ2) is 10.4. The van der Waals surface area contributed by atoms with Gasteiger partial charge >= 0.3 is 6.18 Å². The number of hydrogen-bond acceptors (Lipinski definition) is 6. The Morgan fingerprint density at radius 1 is 0.971 bits per heavy atom. The minimum Gasteiger partial charge on any atom is -0.341 e. The Morgan fingerprint density at radius 3 is 2.26 bits per heavy atom. The fraction of sp³-hybridized carbons (Fsp3) is 0.625. The molecule has 2 unspecified atom stereocenters. The van der Waals surface area contributed by atoms with Crippen LogP contribution in [0.2, 0.25) is 0 Å². The molecule has 4 rings (SSSR count). The first kappa shape index (κ1) is 24.7. The normalized spacial score (nSPS) is 20.7. The zero-order valence-electron chi connectivity index (χ0n) is 19.7. The van der Waals surface area contributed by atoms with E-state index in [4.69, 9.17) is 4.52 Å². The third-order valence-corrected chi connectivity index (χ3v) is 6.97. The summed E-state index contributed by atoms with van der Waals surface area (Å²) in [6.07, 6.45) is 0.119. The van der Waals surface area contributed by atoms with Crippen molar-refractivity contribution in [1.82, 2.24) is 24.8 Å². The maximum atomic E-state index is 13.0. The molecule has 0 spiro atoms. The van der Waals surface area contributed by atoms with Gasteiger partial charge in [0, 0.05) is 44.8 Å². The topological polar surface area (TPSA) is 65.7 Å². The third-order valence-electron chi connectivity index (χ3n) is 6.97. The quantitative estimate of drug-likeness (QED) is 0.640. The van der Waals surface area contributed by atoms with Gasteiger partial charge in [0.15, 0.2) is 0 Å². The predicted octanol–water partition coefficient (Wildman–Crippen LogP) is 4.23. The van der Waals surface area contributed by atoms with Crippen LogP contribution in [0.4, 0.5) is 13.2 Å². The van der Waals surface area contributed by atoms with E-state index in [0.717, 1.165) is 64.2 Å². The van der Waals surface area contributed by atoms with Crippen LogP contribution in [-0.2, 0) is 11.0 Å². The fourth-order valence-electron chi connectivity index (χ4n) is 4.74. The highest BCUT2D eigenvalue weighted by molar-refractivity contribution is 5.81. The smallest absolute Gasteiger partial charge is 0.341 e. The standard InChI is InChI=1S/C24H32F3N5O2/c1-17(22-28-21(29-34-22)19-8-7-9-20(16-19)24(25,26)27)30-12-14-31(15-13-30)18(2)23(33)32-10-5-3-4-6-11-32/h7-9,16-18H,3-6,10-15H2,1-2H3. The van der Waals surface area contributed by atoms with Crippen molar-refractivity contribution >= 4 is 5.91 Å². The van der Waals surface area contributed by atoms with Crippen LogP contribution in [-0.4, -0.2) is 76.1 Å². The third kappa shape index (κ3) is 5.60. The number of likely N-dealkylation sites (tertiary alicyclic amines) is 1. The number of hydrogen-bond donors (Lipinski definition) is 0. The van der Waals surface area contributed by atoms with Gasteiger partial charge in [-0.2, -0.15) is 18.2 Å². The van der Waals surface area contributed by atoms with E-state index in [9.17, 15) is 18.0 Å². The van der Waals surface area contributed by atoms with Crippen LogP contribution in [0.3, 0.4) is 0 Å². The molecule has 0 bridgehead atoms. The molecule has 0 N–H and O–H groups in total. The highest BCUT2D eigenvalue weighted by Crippen LogP contribution is 2.32. The Hall–Kier alpha value is -2.46. The summed E-state index contributed by atoms with van der Waals surface area (Å²) in [5, 5.41) is 3.91. The average molecular weight is 480 g/mol. The first-order chi connectivity index (χ1) is 16.2. The zero-order chi connectivity index (χ0) is 24.3. The van der Waals surface area contributed by atoms with Crippen LogP contribution < -0.4 is 0 Å². The van der Waals surface area contributed by atoms with Gasteiger partial charge in [0.05, 0.1) is 17.6 Å². The number of benzene rings is 1. The van der Waals surface area contributed by atoms with Crippen molar-refractivity contribution in [2.24, 2.45) is 0 Å². The number of halogens is 3. The minimum absolute atomic E-state index is 0.142. The van der Waals surface area contributed by atoms with Gasteiger partial charge < -0.3 is 9.42 Å². The number of carbonyl (C=O) groups excluding carboxylic acids is 1. The van der Waals surface area contributed by atoms with Gasteiger partial charge in [0.2, 0.25) is 17.6 Å². The van der Waals surface area contributed by atoms with Crippen molar-refractivity contribution in [3.8, 4) is 11.4 Å². The molecule has 34 heavy (non-hydrogen) atoms. The van der Waals surface area contributed by atoms with Crippen LogP contribution in [0.15, 0.2) is 28.8 Å². The van der Waals surface area contributed by atoms with E-state index in [1.165, 1.54) is 25.0 Å². The van der Waals surface area contributed by atoms with Crippen molar-refractivity contribution in [3.63, 3.8) is 0 Å². The van der Waals surface area contributed by atoms with Crippen LogP contribution in [0.1, 0.15) is 57.0 Å². The second-order valence-corrected chi connectivity index (χ2v) is 9.20. The molecule has 1 aromatic heterocycles. The van der Waals surface area contributed by atoms with Crippen LogP contribution in [0.25, 0.3) is 11.4 Å². The Bertz CT molecular complexity index is 964. The monoisotopic (exact) mass is 479 g/mol. The summed E-state index contributed by atoms with van der Waals surface area (Å²) in [7, 11) is 0. The van der Waals surface area contributed by atoms with Crippen LogP contribution in [0, 0.1) is 0 Å².